The molecule has 0 saturated heterocycles. The largest absolute Gasteiger partial charge is 0.537 e. The molecule has 3 nitrogen and oxygen atoms in total. The first-order chi connectivity index (χ1) is 13.0. The lowest BCUT2D eigenvalue weighted by Gasteiger charge is -2.34. The van der Waals surface area contributed by atoms with E-state index in [1.54, 1.807) is 24.3 Å². The van der Waals surface area contributed by atoms with Gasteiger partial charge in [-0.15, -0.1) is 0 Å². The van der Waals surface area contributed by atoms with Gasteiger partial charge in [0, 0.05) is 35.6 Å². The van der Waals surface area contributed by atoms with Gasteiger partial charge in [-0.2, -0.15) is 0 Å². The number of hydrogen-bond donors (Lipinski definition) is 0. The first-order valence-corrected chi connectivity index (χ1v) is 11.1. The SMILES string of the molecule is CC(C)O[Si](OC(C)C)(OC(C)C)c1ccc(-c2c(F)cc(F)cc2F)cc1. The fraction of sp³-hybridized carbons (Fsp3) is 0.429. The molecule has 0 saturated carbocycles. The average Bonchev–Trinajstić information content (AvgIpc) is 2.52. The smallest absolute Gasteiger partial charge is 0.367 e. The molecule has 2 aromatic carbocycles. The van der Waals surface area contributed by atoms with E-state index in [4.69, 9.17) is 13.3 Å². The van der Waals surface area contributed by atoms with Crippen LogP contribution in [0.1, 0.15) is 41.5 Å². The van der Waals surface area contributed by atoms with Gasteiger partial charge in [0.2, 0.25) is 0 Å². The summed E-state index contributed by atoms with van der Waals surface area (Å²) in [5, 5.41) is 0.690. The average molecular weight is 413 g/mol. The molecule has 0 radical (unpaired) electrons. The zero-order valence-corrected chi connectivity index (χ0v) is 18.1. The maximum Gasteiger partial charge on any atom is 0.537 e. The van der Waals surface area contributed by atoms with Crippen molar-refractivity contribution in [3.63, 3.8) is 0 Å². The normalized spacial score (nSPS) is 12.4. The number of rotatable bonds is 8. The van der Waals surface area contributed by atoms with Gasteiger partial charge in [0.1, 0.15) is 17.5 Å². The maximum absolute atomic E-state index is 14.1. The molecule has 0 atom stereocenters. The third-order valence-electron chi connectivity index (χ3n) is 3.71. The van der Waals surface area contributed by atoms with E-state index in [1.165, 1.54) is 0 Å². The molecule has 0 aliphatic heterocycles. The van der Waals surface area contributed by atoms with Crippen LogP contribution in [-0.4, -0.2) is 27.1 Å². The van der Waals surface area contributed by atoms with E-state index in [1.807, 2.05) is 41.5 Å². The standard InChI is InChI=1S/C21H27F3O3Si/c1-13(2)25-28(26-14(3)4,27-15(5)6)18-9-7-16(8-10-18)21-19(23)11-17(22)12-20(21)24/h7-15H,1-6H3. The molecule has 154 valence electrons. The van der Waals surface area contributed by atoms with Gasteiger partial charge in [-0.1, -0.05) is 24.3 Å². The van der Waals surface area contributed by atoms with Crippen molar-refractivity contribution in [2.75, 3.05) is 0 Å². The van der Waals surface area contributed by atoms with Crippen molar-refractivity contribution in [3.8, 4) is 11.1 Å². The summed E-state index contributed by atoms with van der Waals surface area (Å²) in [6.07, 6.45) is -0.428. The Balaban J connectivity index is 2.51. The molecule has 0 aliphatic rings. The molecule has 0 unspecified atom stereocenters. The minimum Gasteiger partial charge on any atom is -0.367 e. The fourth-order valence-corrected chi connectivity index (χ4v) is 5.89. The lowest BCUT2D eigenvalue weighted by Crippen LogP contribution is -2.60. The van der Waals surface area contributed by atoms with Crippen molar-refractivity contribution in [2.45, 2.75) is 59.9 Å². The Morgan fingerprint density at radius 1 is 0.679 bits per heavy atom. The minimum absolute atomic E-state index is 0.143. The van der Waals surface area contributed by atoms with Gasteiger partial charge in [0.25, 0.3) is 0 Å². The van der Waals surface area contributed by atoms with Crippen molar-refractivity contribution in [1.82, 2.24) is 0 Å². The van der Waals surface area contributed by atoms with Crippen molar-refractivity contribution in [2.24, 2.45) is 0 Å². The maximum atomic E-state index is 14.1. The zero-order valence-electron chi connectivity index (χ0n) is 17.1. The highest BCUT2D eigenvalue weighted by molar-refractivity contribution is 6.75. The second-order valence-corrected chi connectivity index (χ2v) is 9.77. The van der Waals surface area contributed by atoms with E-state index >= 15 is 0 Å². The molecule has 2 rings (SSSR count). The van der Waals surface area contributed by atoms with Crippen molar-refractivity contribution in [1.29, 1.82) is 0 Å². The third kappa shape index (κ3) is 5.44. The van der Waals surface area contributed by atoms with E-state index in [-0.39, 0.29) is 23.9 Å². The van der Waals surface area contributed by atoms with Crippen LogP contribution in [0, 0.1) is 17.5 Å². The van der Waals surface area contributed by atoms with E-state index < -0.39 is 26.3 Å². The Hall–Kier alpha value is -1.67. The third-order valence-corrected chi connectivity index (χ3v) is 7.09. The summed E-state index contributed by atoms with van der Waals surface area (Å²) in [6, 6.07) is 7.84. The summed E-state index contributed by atoms with van der Waals surface area (Å²) in [5.74, 6) is -2.86. The molecule has 0 amide bonds. The molecule has 28 heavy (non-hydrogen) atoms. The van der Waals surface area contributed by atoms with Gasteiger partial charge in [-0.25, -0.2) is 13.2 Å². The highest BCUT2D eigenvalue weighted by atomic mass is 28.4. The molecule has 2 aromatic rings. The van der Waals surface area contributed by atoms with Crippen LogP contribution in [0.4, 0.5) is 13.2 Å². The Bertz CT molecular complexity index is 742. The monoisotopic (exact) mass is 412 g/mol. The van der Waals surface area contributed by atoms with E-state index in [0.717, 1.165) is 0 Å². The van der Waals surface area contributed by atoms with Gasteiger partial charge in [0.05, 0.1) is 5.56 Å². The highest BCUT2D eigenvalue weighted by Crippen LogP contribution is 2.27. The predicted molar refractivity (Wildman–Crippen MR) is 106 cm³/mol. The first kappa shape index (κ1) is 22.6. The lowest BCUT2D eigenvalue weighted by molar-refractivity contribution is 0.0153. The van der Waals surface area contributed by atoms with Crippen LogP contribution in [-0.2, 0) is 13.3 Å². The Morgan fingerprint density at radius 2 is 1.07 bits per heavy atom. The second kappa shape index (κ2) is 9.22. The van der Waals surface area contributed by atoms with Crippen LogP contribution in [0.2, 0.25) is 0 Å². The van der Waals surface area contributed by atoms with Crippen molar-refractivity contribution < 1.29 is 26.4 Å². The van der Waals surface area contributed by atoms with Crippen LogP contribution in [0.3, 0.4) is 0 Å². The van der Waals surface area contributed by atoms with Gasteiger partial charge >= 0.3 is 8.80 Å². The topological polar surface area (TPSA) is 27.7 Å². The number of benzene rings is 2. The second-order valence-electron chi connectivity index (χ2n) is 7.38. The summed E-state index contributed by atoms with van der Waals surface area (Å²) in [6.45, 7) is 11.4. The molecule has 0 bridgehead atoms. The lowest BCUT2D eigenvalue weighted by atomic mass is 10.0. The summed E-state index contributed by atoms with van der Waals surface area (Å²) in [5.41, 5.74) is 0.0137. The number of halogens is 3. The van der Waals surface area contributed by atoms with Gasteiger partial charge in [-0.05, 0) is 47.1 Å². The molecule has 0 N–H and O–H groups in total. The molecule has 0 fully saturated rings. The molecular formula is C21H27F3O3Si. The van der Waals surface area contributed by atoms with Crippen LogP contribution in [0.25, 0.3) is 11.1 Å². The van der Waals surface area contributed by atoms with Crippen LogP contribution >= 0.6 is 0 Å². The molecular weight excluding hydrogens is 385 g/mol. The van der Waals surface area contributed by atoms with E-state index in [0.29, 0.717) is 22.9 Å². The summed E-state index contributed by atoms with van der Waals surface area (Å²) < 4.78 is 59.8. The van der Waals surface area contributed by atoms with Crippen molar-refractivity contribution in [3.05, 3.63) is 53.8 Å². The van der Waals surface area contributed by atoms with Crippen LogP contribution < -0.4 is 5.19 Å². The zero-order chi connectivity index (χ0) is 21.1. The molecule has 0 spiro atoms. The van der Waals surface area contributed by atoms with E-state index in [9.17, 15) is 13.2 Å². The number of hydrogen-bond acceptors (Lipinski definition) is 3. The van der Waals surface area contributed by atoms with Crippen molar-refractivity contribution >= 4 is 14.0 Å². The quantitative estimate of drug-likeness (QED) is 0.559. The molecule has 0 heterocycles. The van der Waals surface area contributed by atoms with Crippen LogP contribution in [0.5, 0.6) is 0 Å². The van der Waals surface area contributed by atoms with Gasteiger partial charge < -0.3 is 13.3 Å². The molecule has 0 aromatic heterocycles. The summed E-state index contributed by atoms with van der Waals surface area (Å²) in [4.78, 5) is 0. The first-order valence-electron chi connectivity index (χ1n) is 9.33. The van der Waals surface area contributed by atoms with E-state index in [2.05, 4.69) is 0 Å². The Labute approximate surface area is 165 Å². The Morgan fingerprint density at radius 3 is 1.43 bits per heavy atom. The predicted octanol–water partition coefficient (Wildman–Crippen LogP) is 5.19. The molecule has 0 aliphatic carbocycles. The van der Waals surface area contributed by atoms with Crippen LogP contribution in [0.15, 0.2) is 36.4 Å². The summed E-state index contributed by atoms with van der Waals surface area (Å²) in [7, 11) is -3.27. The Kier molecular flexibility index (Phi) is 7.44. The minimum atomic E-state index is -3.27. The van der Waals surface area contributed by atoms with Gasteiger partial charge in [0.15, 0.2) is 0 Å². The fourth-order valence-electron chi connectivity index (χ4n) is 2.88. The summed E-state index contributed by atoms with van der Waals surface area (Å²) >= 11 is 0. The molecule has 7 heteroatoms. The highest BCUT2D eigenvalue weighted by Gasteiger charge is 2.46. The van der Waals surface area contributed by atoms with Gasteiger partial charge in [-0.3, -0.25) is 0 Å².